The van der Waals surface area contributed by atoms with Gasteiger partial charge in [-0.2, -0.15) is 4.31 Å². The highest BCUT2D eigenvalue weighted by Gasteiger charge is 2.28. The maximum absolute atomic E-state index is 13.0. The molecule has 2 rings (SSSR count). The normalized spacial score (nSPS) is 17.2. The molecule has 148 valence electrons. The Labute approximate surface area is 163 Å². The van der Waals surface area contributed by atoms with Crippen LogP contribution in [0.25, 0.3) is 0 Å². The Morgan fingerprint density at radius 1 is 1.23 bits per heavy atom. The molecule has 1 N–H and O–H groups in total. The Morgan fingerprint density at radius 3 is 2.46 bits per heavy atom. The zero-order valence-electron chi connectivity index (χ0n) is 15.8. The molecule has 1 aliphatic heterocycles. The van der Waals surface area contributed by atoms with Crippen LogP contribution in [0.2, 0.25) is 0 Å². The lowest BCUT2D eigenvalue weighted by molar-refractivity contribution is 0.0692. The predicted molar refractivity (Wildman–Crippen MR) is 106 cm³/mol. The maximum atomic E-state index is 13.0. The van der Waals surface area contributed by atoms with Crippen molar-refractivity contribution in [1.29, 1.82) is 0 Å². The zero-order valence-corrected chi connectivity index (χ0v) is 17.4. The third-order valence-electron chi connectivity index (χ3n) is 4.62. The van der Waals surface area contributed by atoms with Crippen LogP contribution in [0.4, 0.5) is 0 Å². The lowest BCUT2D eigenvalue weighted by Crippen LogP contribution is -2.42. The minimum absolute atomic E-state index is 0. The molecule has 1 fully saturated rings. The highest BCUT2D eigenvalue weighted by Crippen LogP contribution is 2.20. The van der Waals surface area contributed by atoms with Gasteiger partial charge in [0.15, 0.2) is 0 Å². The summed E-state index contributed by atoms with van der Waals surface area (Å²) in [4.78, 5) is 15.1. The second kappa shape index (κ2) is 10.3. The van der Waals surface area contributed by atoms with E-state index in [0.717, 1.165) is 25.9 Å². The summed E-state index contributed by atoms with van der Waals surface area (Å²) in [6.45, 7) is 8.87. The summed E-state index contributed by atoms with van der Waals surface area (Å²) in [5, 5.41) is 3.29. The Hall–Kier alpha value is -1.15. The average Bonchev–Trinajstić information content (AvgIpc) is 3.14. The third kappa shape index (κ3) is 4.97. The van der Waals surface area contributed by atoms with Crippen molar-refractivity contribution in [2.24, 2.45) is 0 Å². The molecule has 1 aliphatic rings. The van der Waals surface area contributed by atoms with Crippen LogP contribution in [0.5, 0.6) is 0 Å². The monoisotopic (exact) mass is 403 g/mol. The van der Waals surface area contributed by atoms with Crippen LogP contribution < -0.4 is 5.32 Å². The number of amides is 1. The van der Waals surface area contributed by atoms with Gasteiger partial charge < -0.3 is 10.2 Å². The first-order valence-corrected chi connectivity index (χ1v) is 10.5. The number of carbonyl (C=O) groups is 1. The third-order valence-corrected chi connectivity index (χ3v) is 6.67. The molecule has 1 aromatic carbocycles. The summed E-state index contributed by atoms with van der Waals surface area (Å²) in [6, 6.07) is 6.61. The minimum Gasteiger partial charge on any atom is -0.334 e. The Morgan fingerprint density at radius 2 is 1.92 bits per heavy atom. The number of nitrogens with one attached hydrogen (secondary N) is 1. The molecular weight excluding hydrogens is 374 g/mol. The molecule has 26 heavy (non-hydrogen) atoms. The Balaban J connectivity index is 0.00000338. The molecule has 1 saturated heterocycles. The molecule has 6 nitrogen and oxygen atoms in total. The molecule has 0 radical (unpaired) electrons. The van der Waals surface area contributed by atoms with Gasteiger partial charge in [-0.1, -0.05) is 26.8 Å². The van der Waals surface area contributed by atoms with Gasteiger partial charge in [0.25, 0.3) is 5.91 Å². The SMILES string of the molecule is CCCN(C(=O)c1cccc(S(=O)(=O)N(CC)CC)c1)C1CCNC1.Cl. The zero-order chi connectivity index (χ0) is 18.4. The first-order chi connectivity index (χ1) is 12.0. The van der Waals surface area contributed by atoms with Crippen LogP contribution in [0.3, 0.4) is 0 Å². The first kappa shape index (κ1) is 22.9. The number of sulfonamides is 1. The molecule has 0 aromatic heterocycles. The number of halogens is 1. The van der Waals surface area contributed by atoms with Gasteiger partial charge in [0, 0.05) is 37.8 Å². The van der Waals surface area contributed by atoms with E-state index in [1.54, 1.807) is 18.2 Å². The number of carbonyl (C=O) groups excluding carboxylic acids is 1. The number of hydrogen-bond donors (Lipinski definition) is 1. The largest absolute Gasteiger partial charge is 0.334 e. The summed E-state index contributed by atoms with van der Waals surface area (Å²) >= 11 is 0. The quantitative estimate of drug-likeness (QED) is 0.723. The van der Waals surface area contributed by atoms with Gasteiger partial charge in [-0.3, -0.25) is 4.79 Å². The van der Waals surface area contributed by atoms with Crippen molar-refractivity contribution >= 4 is 28.3 Å². The standard InChI is InChI=1S/C18H29N3O3S.ClH/c1-4-12-21(16-10-11-19-14-16)18(22)15-8-7-9-17(13-15)25(23,24)20(5-2)6-3;/h7-9,13,16,19H,4-6,10-12,14H2,1-3H3;1H. The molecule has 1 amide bonds. The van der Waals surface area contributed by atoms with Crippen molar-refractivity contribution in [3.8, 4) is 0 Å². The van der Waals surface area contributed by atoms with E-state index in [9.17, 15) is 13.2 Å². The number of rotatable bonds is 8. The van der Waals surface area contributed by atoms with E-state index in [-0.39, 0.29) is 29.3 Å². The smallest absolute Gasteiger partial charge is 0.254 e. The molecule has 0 bridgehead atoms. The van der Waals surface area contributed by atoms with E-state index < -0.39 is 10.0 Å². The van der Waals surface area contributed by atoms with E-state index in [2.05, 4.69) is 5.32 Å². The molecule has 1 heterocycles. The van der Waals surface area contributed by atoms with Gasteiger partial charge in [0.2, 0.25) is 10.0 Å². The van der Waals surface area contributed by atoms with Gasteiger partial charge in [-0.15, -0.1) is 12.4 Å². The second-order valence-electron chi connectivity index (χ2n) is 6.26. The predicted octanol–water partition coefficient (Wildman–Crippen LogP) is 2.35. The molecule has 0 aliphatic carbocycles. The van der Waals surface area contributed by atoms with Crippen molar-refractivity contribution < 1.29 is 13.2 Å². The van der Waals surface area contributed by atoms with Crippen LogP contribution in [-0.4, -0.2) is 62.3 Å². The van der Waals surface area contributed by atoms with Crippen LogP contribution in [0.1, 0.15) is 44.0 Å². The molecule has 8 heteroatoms. The molecule has 0 spiro atoms. The van der Waals surface area contributed by atoms with Crippen molar-refractivity contribution in [2.45, 2.75) is 44.6 Å². The van der Waals surface area contributed by atoms with Crippen molar-refractivity contribution in [3.05, 3.63) is 29.8 Å². The van der Waals surface area contributed by atoms with Gasteiger partial charge in [-0.05, 0) is 37.6 Å². The summed E-state index contributed by atoms with van der Waals surface area (Å²) in [7, 11) is -3.56. The van der Waals surface area contributed by atoms with Crippen LogP contribution in [0.15, 0.2) is 29.2 Å². The lowest BCUT2D eigenvalue weighted by atomic mass is 10.1. The number of benzene rings is 1. The maximum Gasteiger partial charge on any atom is 0.254 e. The molecule has 1 unspecified atom stereocenters. The minimum atomic E-state index is -3.56. The second-order valence-corrected chi connectivity index (χ2v) is 8.20. The highest BCUT2D eigenvalue weighted by molar-refractivity contribution is 7.89. The van der Waals surface area contributed by atoms with E-state index in [0.29, 0.717) is 25.2 Å². The van der Waals surface area contributed by atoms with Crippen LogP contribution in [-0.2, 0) is 10.0 Å². The summed E-state index contributed by atoms with van der Waals surface area (Å²) in [5.41, 5.74) is 0.439. The Bertz CT molecular complexity index is 687. The number of nitrogens with zero attached hydrogens (tertiary/aromatic N) is 2. The fourth-order valence-corrected chi connectivity index (χ4v) is 4.77. The summed E-state index contributed by atoms with van der Waals surface area (Å²) < 4.78 is 26.8. The topological polar surface area (TPSA) is 69.7 Å². The molecular formula is C18H30ClN3O3S. The van der Waals surface area contributed by atoms with Gasteiger partial charge >= 0.3 is 0 Å². The number of hydrogen-bond acceptors (Lipinski definition) is 4. The molecule has 1 aromatic rings. The Kier molecular flexibility index (Phi) is 9.03. The van der Waals surface area contributed by atoms with Crippen LogP contribution in [0, 0.1) is 0 Å². The van der Waals surface area contributed by atoms with Gasteiger partial charge in [0.1, 0.15) is 0 Å². The molecule has 0 saturated carbocycles. The lowest BCUT2D eigenvalue weighted by Gasteiger charge is -2.28. The highest BCUT2D eigenvalue weighted by atomic mass is 35.5. The first-order valence-electron chi connectivity index (χ1n) is 9.07. The average molecular weight is 404 g/mol. The summed E-state index contributed by atoms with van der Waals surface area (Å²) in [6.07, 6.45) is 1.81. The van der Waals surface area contributed by atoms with E-state index in [1.165, 1.54) is 10.4 Å². The fourth-order valence-electron chi connectivity index (χ4n) is 3.26. The van der Waals surface area contributed by atoms with Crippen molar-refractivity contribution in [1.82, 2.24) is 14.5 Å². The molecule has 1 atom stereocenters. The van der Waals surface area contributed by atoms with E-state index in [4.69, 9.17) is 0 Å². The summed E-state index contributed by atoms with van der Waals surface area (Å²) in [5.74, 6) is -0.0906. The fraction of sp³-hybridized carbons (Fsp3) is 0.611. The van der Waals surface area contributed by atoms with Crippen molar-refractivity contribution in [3.63, 3.8) is 0 Å². The van der Waals surface area contributed by atoms with Gasteiger partial charge in [-0.25, -0.2) is 8.42 Å². The van der Waals surface area contributed by atoms with Gasteiger partial charge in [0.05, 0.1) is 4.90 Å². The van der Waals surface area contributed by atoms with E-state index in [1.807, 2.05) is 25.7 Å². The van der Waals surface area contributed by atoms with Crippen LogP contribution >= 0.6 is 12.4 Å². The van der Waals surface area contributed by atoms with E-state index >= 15 is 0 Å². The van der Waals surface area contributed by atoms with Crippen molar-refractivity contribution in [2.75, 3.05) is 32.7 Å².